The molecule has 0 aliphatic heterocycles. The van der Waals surface area contributed by atoms with Gasteiger partial charge in [-0.05, 0) is 31.0 Å². The van der Waals surface area contributed by atoms with Crippen LogP contribution in [0.5, 0.6) is 0 Å². The number of aryl methyl sites for hydroxylation is 2. The fourth-order valence-corrected chi connectivity index (χ4v) is 3.01. The molecule has 1 aromatic carbocycles. The lowest BCUT2D eigenvalue weighted by Crippen LogP contribution is -1.92. The van der Waals surface area contributed by atoms with E-state index in [4.69, 9.17) is 0 Å². The highest BCUT2D eigenvalue weighted by Gasteiger charge is 1.99. The number of thioether (sulfide) groups is 1. The Morgan fingerprint density at radius 2 is 1.68 bits per heavy atom. The predicted octanol–water partition coefficient (Wildman–Crippen LogP) is 4.17. The summed E-state index contributed by atoms with van der Waals surface area (Å²) in [5.74, 6) is 2.98. The Morgan fingerprint density at radius 3 is 2.26 bits per heavy atom. The molecule has 0 saturated carbocycles. The molecule has 0 fully saturated rings. The SMILES string of the molecule is CNc1ccc(CSCc2cc(C)cc(C)c2)cn1. The molecule has 3 heteroatoms. The van der Waals surface area contributed by atoms with Gasteiger partial charge in [0.15, 0.2) is 0 Å². The standard InChI is InChI=1S/C16H20N2S/c1-12-6-13(2)8-15(7-12)11-19-10-14-4-5-16(17-3)18-9-14/h4-9H,10-11H2,1-3H3,(H,17,18). The number of hydrogen-bond donors (Lipinski definition) is 1. The molecule has 2 aromatic rings. The van der Waals surface area contributed by atoms with Crippen molar-refractivity contribution in [2.75, 3.05) is 12.4 Å². The van der Waals surface area contributed by atoms with Gasteiger partial charge in [0.25, 0.3) is 0 Å². The predicted molar refractivity (Wildman–Crippen MR) is 84.7 cm³/mol. The number of rotatable bonds is 5. The van der Waals surface area contributed by atoms with Gasteiger partial charge in [-0.2, -0.15) is 11.8 Å². The van der Waals surface area contributed by atoms with Crippen LogP contribution in [0.3, 0.4) is 0 Å². The minimum atomic E-state index is 0.919. The molecule has 0 bridgehead atoms. The molecular formula is C16H20N2S. The van der Waals surface area contributed by atoms with Gasteiger partial charge in [0.2, 0.25) is 0 Å². The third-order valence-corrected chi connectivity index (χ3v) is 3.97. The van der Waals surface area contributed by atoms with Gasteiger partial charge in [-0.3, -0.25) is 0 Å². The van der Waals surface area contributed by atoms with Crippen molar-refractivity contribution in [1.82, 2.24) is 4.98 Å². The molecule has 2 nitrogen and oxygen atoms in total. The smallest absolute Gasteiger partial charge is 0.125 e. The van der Waals surface area contributed by atoms with Crippen molar-refractivity contribution in [3.05, 3.63) is 58.8 Å². The average Bonchev–Trinajstić information content (AvgIpc) is 2.38. The summed E-state index contributed by atoms with van der Waals surface area (Å²) >= 11 is 1.93. The normalized spacial score (nSPS) is 10.5. The van der Waals surface area contributed by atoms with Crippen molar-refractivity contribution in [3.8, 4) is 0 Å². The lowest BCUT2D eigenvalue weighted by atomic mass is 10.1. The maximum atomic E-state index is 4.33. The summed E-state index contributed by atoms with van der Waals surface area (Å²) in [4.78, 5) is 4.33. The summed E-state index contributed by atoms with van der Waals surface area (Å²) in [5.41, 5.74) is 5.36. The summed E-state index contributed by atoms with van der Waals surface area (Å²) in [6.07, 6.45) is 1.94. The van der Waals surface area contributed by atoms with Gasteiger partial charge in [-0.15, -0.1) is 0 Å². The maximum absolute atomic E-state index is 4.33. The number of hydrogen-bond acceptors (Lipinski definition) is 3. The highest BCUT2D eigenvalue weighted by atomic mass is 32.2. The van der Waals surface area contributed by atoms with Crippen molar-refractivity contribution in [1.29, 1.82) is 0 Å². The highest BCUT2D eigenvalue weighted by Crippen LogP contribution is 2.19. The zero-order valence-electron chi connectivity index (χ0n) is 11.7. The summed E-state index contributed by atoms with van der Waals surface area (Å²) in [6, 6.07) is 10.9. The van der Waals surface area contributed by atoms with Gasteiger partial charge in [0, 0.05) is 24.8 Å². The van der Waals surface area contributed by atoms with Crippen molar-refractivity contribution in [2.24, 2.45) is 0 Å². The fraction of sp³-hybridized carbons (Fsp3) is 0.312. The molecule has 0 aliphatic rings. The van der Waals surface area contributed by atoms with Crippen LogP contribution >= 0.6 is 11.8 Å². The summed E-state index contributed by atoms with van der Waals surface area (Å²) in [6.45, 7) is 4.31. The average molecular weight is 272 g/mol. The van der Waals surface area contributed by atoms with E-state index in [2.05, 4.69) is 48.4 Å². The summed E-state index contributed by atoms with van der Waals surface area (Å²) in [7, 11) is 1.89. The number of pyridine rings is 1. The number of benzene rings is 1. The number of nitrogens with one attached hydrogen (secondary N) is 1. The first-order chi connectivity index (χ1) is 9.17. The first-order valence-electron chi connectivity index (χ1n) is 6.45. The molecule has 1 heterocycles. The van der Waals surface area contributed by atoms with Gasteiger partial charge in [0.05, 0.1) is 0 Å². The molecule has 0 atom stereocenters. The Kier molecular flexibility index (Phi) is 4.86. The van der Waals surface area contributed by atoms with Gasteiger partial charge >= 0.3 is 0 Å². The second-order valence-corrected chi connectivity index (χ2v) is 5.78. The van der Waals surface area contributed by atoms with Gasteiger partial charge in [0.1, 0.15) is 5.82 Å². The Balaban J connectivity index is 1.88. The van der Waals surface area contributed by atoms with Gasteiger partial charge in [-0.25, -0.2) is 4.98 Å². The van der Waals surface area contributed by atoms with Crippen molar-refractivity contribution < 1.29 is 0 Å². The van der Waals surface area contributed by atoms with E-state index in [9.17, 15) is 0 Å². The molecule has 19 heavy (non-hydrogen) atoms. The van der Waals surface area contributed by atoms with Crippen LogP contribution in [-0.4, -0.2) is 12.0 Å². The minimum absolute atomic E-state index is 0.919. The second kappa shape index (κ2) is 6.62. The lowest BCUT2D eigenvalue weighted by Gasteiger charge is -2.06. The molecule has 0 radical (unpaired) electrons. The molecule has 0 saturated heterocycles. The minimum Gasteiger partial charge on any atom is -0.373 e. The molecule has 1 aromatic heterocycles. The Labute approximate surface area is 119 Å². The van der Waals surface area contributed by atoms with Crippen LogP contribution in [0, 0.1) is 13.8 Å². The van der Waals surface area contributed by atoms with Crippen LogP contribution in [0.1, 0.15) is 22.3 Å². The first-order valence-corrected chi connectivity index (χ1v) is 7.60. The van der Waals surface area contributed by atoms with E-state index in [1.807, 2.05) is 31.1 Å². The number of nitrogens with zero attached hydrogens (tertiary/aromatic N) is 1. The molecule has 0 aliphatic carbocycles. The van der Waals surface area contributed by atoms with E-state index < -0.39 is 0 Å². The van der Waals surface area contributed by atoms with Gasteiger partial charge in [-0.1, -0.05) is 35.4 Å². The van der Waals surface area contributed by atoms with Crippen LogP contribution < -0.4 is 5.32 Å². The molecule has 1 N–H and O–H groups in total. The van der Waals surface area contributed by atoms with E-state index in [0.717, 1.165) is 17.3 Å². The fourth-order valence-electron chi connectivity index (χ4n) is 2.10. The van der Waals surface area contributed by atoms with Crippen LogP contribution in [0.15, 0.2) is 36.5 Å². The summed E-state index contributed by atoms with van der Waals surface area (Å²) in [5, 5.41) is 3.03. The van der Waals surface area contributed by atoms with E-state index in [0.29, 0.717) is 0 Å². The van der Waals surface area contributed by atoms with Gasteiger partial charge < -0.3 is 5.32 Å². The Bertz CT molecular complexity index is 515. The molecule has 2 rings (SSSR count). The van der Waals surface area contributed by atoms with Crippen LogP contribution in [0.2, 0.25) is 0 Å². The summed E-state index contributed by atoms with van der Waals surface area (Å²) < 4.78 is 0. The largest absolute Gasteiger partial charge is 0.373 e. The first kappa shape index (κ1) is 13.9. The van der Waals surface area contributed by atoms with E-state index in [-0.39, 0.29) is 0 Å². The molecule has 0 spiro atoms. The zero-order valence-corrected chi connectivity index (χ0v) is 12.6. The lowest BCUT2D eigenvalue weighted by molar-refractivity contribution is 1.23. The van der Waals surface area contributed by atoms with Crippen molar-refractivity contribution in [2.45, 2.75) is 25.4 Å². The Morgan fingerprint density at radius 1 is 1.00 bits per heavy atom. The highest BCUT2D eigenvalue weighted by molar-refractivity contribution is 7.97. The monoisotopic (exact) mass is 272 g/mol. The number of anilines is 1. The van der Waals surface area contributed by atoms with Crippen LogP contribution in [0.25, 0.3) is 0 Å². The second-order valence-electron chi connectivity index (χ2n) is 4.79. The third kappa shape index (κ3) is 4.28. The molecule has 0 amide bonds. The number of aromatic nitrogens is 1. The van der Waals surface area contributed by atoms with Crippen molar-refractivity contribution >= 4 is 17.6 Å². The quantitative estimate of drug-likeness (QED) is 0.884. The molecule has 100 valence electrons. The topological polar surface area (TPSA) is 24.9 Å². The maximum Gasteiger partial charge on any atom is 0.125 e. The van der Waals surface area contributed by atoms with Crippen LogP contribution in [0.4, 0.5) is 5.82 Å². The van der Waals surface area contributed by atoms with Crippen LogP contribution in [-0.2, 0) is 11.5 Å². The van der Waals surface area contributed by atoms with E-state index >= 15 is 0 Å². The van der Waals surface area contributed by atoms with Crippen molar-refractivity contribution in [3.63, 3.8) is 0 Å². The van der Waals surface area contributed by atoms with E-state index in [1.165, 1.54) is 22.3 Å². The van der Waals surface area contributed by atoms with E-state index in [1.54, 1.807) is 0 Å². The zero-order chi connectivity index (χ0) is 13.7. The molecular weight excluding hydrogens is 252 g/mol. The third-order valence-electron chi connectivity index (χ3n) is 2.90. The Hall–Kier alpha value is -1.48. The molecule has 0 unspecified atom stereocenters.